The molecule has 116 valence electrons. The molecule has 20 heavy (non-hydrogen) atoms. The van der Waals surface area contributed by atoms with Crippen LogP contribution in [0.15, 0.2) is 24.3 Å². The van der Waals surface area contributed by atoms with Gasteiger partial charge in [-0.25, -0.2) is 4.79 Å². The smallest absolute Gasteiger partial charge is 0.423 e. The number of alkyl halides is 6. The predicted octanol–water partition coefficient (Wildman–Crippen LogP) is 3.17. The van der Waals surface area contributed by atoms with E-state index in [0.29, 0.717) is 0 Å². The normalized spacial score (nSPS) is 13.0. The highest BCUT2D eigenvalue weighted by Gasteiger charge is 2.57. The van der Waals surface area contributed by atoms with Gasteiger partial charge in [0.25, 0.3) is 0 Å². The number of rotatable bonds is 6. The molecule has 0 aromatic carbocycles. The van der Waals surface area contributed by atoms with Gasteiger partial charge in [0.05, 0.1) is 12.2 Å². The fourth-order valence-electron chi connectivity index (χ4n) is 1.04. The molecular formula is C11H12F6O3. The largest absolute Gasteiger partial charge is 0.460 e. The minimum Gasteiger partial charge on any atom is -0.460 e. The van der Waals surface area contributed by atoms with E-state index in [4.69, 9.17) is 0 Å². The molecule has 0 fully saturated rings. The Morgan fingerprint density at radius 3 is 2.05 bits per heavy atom. The Balaban J connectivity index is 4.28. The van der Waals surface area contributed by atoms with Crippen molar-refractivity contribution in [3.8, 4) is 0 Å². The van der Waals surface area contributed by atoms with Crippen LogP contribution >= 0.6 is 0 Å². The maximum absolute atomic E-state index is 12.1. The van der Waals surface area contributed by atoms with Crippen LogP contribution in [0.4, 0.5) is 26.3 Å². The number of halogens is 6. The summed E-state index contributed by atoms with van der Waals surface area (Å²) in [6.07, 6.45) is -12.3. The summed E-state index contributed by atoms with van der Waals surface area (Å²) in [4.78, 5) is 11.1. The summed E-state index contributed by atoms with van der Waals surface area (Å²) in [6.45, 7) is 3.06. The molecular weight excluding hydrogens is 294 g/mol. The van der Waals surface area contributed by atoms with E-state index in [2.05, 4.69) is 16.1 Å². The highest BCUT2D eigenvalue weighted by molar-refractivity contribution is 5.90. The fraction of sp³-hybridized carbons (Fsp3) is 0.545. The van der Waals surface area contributed by atoms with E-state index in [0.717, 1.165) is 0 Å². The summed E-state index contributed by atoms with van der Waals surface area (Å²) >= 11 is 0. The van der Waals surface area contributed by atoms with Crippen molar-refractivity contribution in [3.63, 3.8) is 0 Å². The van der Waals surface area contributed by atoms with Crippen molar-refractivity contribution >= 4 is 5.97 Å². The molecule has 0 saturated heterocycles. The SMILES string of the molecule is C=C(/C=C\C)C(=O)OCCOC(C(F)(F)F)C(F)(F)F. The van der Waals surface area contributed by atoms with Crippen molar-refractivity contribution < 1.29 is 40.6 Å². The van der Waals surface area contributed by atoms with Crippen LogP contribution in [0, 0.1) is 0 Å². The predicted molar refractivity (Wildman–Crippen MR) is 56.8 cm³/mol. The van der Waals surface area contributed by atoms with Gasteiger partial charge < -0.3 is 9.47 Å². The van der Waals surface area contributed by atoms with Gasteiger partial charge in [0, 0.05) is 0 Å². The first-order valence-corrected chi connectivity index (χ1v) is 5.24. The van der Waals surface area contributed by atoms with E-state index in [9.17, 15) is 31.1 Å². The number of esters is 1. The Bertz CT molecular complexity index is 355. The van der Waals surface area contributed by atoms with Gasteiger partial charge in [-0.15, -0.1) is 0 Å². The van der Waals surface area contributed by atoms with E-state index in [1.807, 2.05) is 0 Å². The lowest BCUT2D eigenvalue weighted by molar-refractivity contribution is -0.322. The second-order valence-corrected chi connectivity index (χ2v) is 3.50. The highest BCUT2D eigenvalue weighted by Crippen LogP contribution is 2.35. The first-order chi connectivity index (χ1) is 9.00. The summed E-state index contributed by atoms with van der Waals surface area (Å²) in [5.74, 6) is -0.956. The lowest BCUT2D eigenvalue weighted by atomic mass is 10.3. The van der Waals surface area contributed by atoms with E-state index >= 15 is 0 Å². The fourth-order valence-corrected chi connectivity index (χ4v) is 1.04. The van der Waals surface area contributed by atoms with Gasteiger partial charge in [-0.1, -0.05) is 18.7 Å². The number of carbonyl (C=O) groups excluding carboxylic acids is 1. The van der Waals surface area contributed by atoms with Gasteiger partial charge in [-0.2, -0.15) is 26.3 Å². The van der Waals surface area contributed by atoms with Crippen molar-refractivity contribution in [2.75, 3.05) is 13.2 Å². The van der Waals surface area contributed by atoms with Crippen LogP contribution in [0.5, 0.6) is 0 Å². The molecule has 0 radical (unpaired) electrons. The van der Waals surface area contributed by atoms with Gasteiger partial charge in [0.2, 0.25) is 6.10 Å². The molecule has 0 aliphatic rings. The Morgan fingerprint density at radius 2 is 1.65 bits per heavy atom. The first-order valence-electron chi connectivity index (χ1n) is 5.24. The van der Waals surface area contributed by atoms with Crippen LogP contribution in [-0.4, -0.2) is 37.6 Å². The zero-order valence-corrected chi connectivity index (χ0v) is 10.3. The highest BCUT2D eigenvalue weighted by atomic mass is 19.4. The summed E-state index contributed by atoms with van der Waals surface area (Å²) in [5, 5.41) is 0. The second kappa shape index (κ2) is 7.32. The Labute approximate surface area is 110 Å². The Morgan fingerprint density at radius 1 is 1.15 bits per heavy atom. The lowest BCUT2D eigenvalue weighted by Crippen LogP contribution is -2.44. The van der Waals surface area contributed by atoms with Crippen molar-refractivity contribution in [2.45, 2.75) is 25.4 Å². The minimum absolute atomic E-state index is 0.0873. The summed E-state index contributed by atoms with van der Waals surface area (Å²) in [5.41, 5.74) is -0.0873. The lowest BCUT2D eigenvalue weighted by Gasteiger charge is -2.22. The van der Waals surface area contributed by atoms with Crippen molar-refractivity contribution in [1.29, 1.82) is 0 Å². The van der Waals surface area contributed by atoms with Crippen LogP contribution in [0.1, 0.15) is 6.92 Å². The Hall–Kier alpha value is -1.51. The zero-order chi connectivity index (χ0) is 16.0. The molecule has 0 aromatic rings. The topological polar surface area (TPSA) is 35.5 Å². The third kappa shape index (κ3) is 6.60. The van der Waals surface area contributed by atoms with Crippen LogP contribution in [-0.2, 0) is 14.3 Å². The molecule has 0 saturated carbocycles. The maximum Gasteiger partial charge on any atom is 0.423 e. The number of hydrogen-bond acceptors (Lipinski definition) is 3. The molecule has 0 aromatic heterocycles. The first kappa shape index (κ1) is 18.5. The molecule has 0 spiro atoms. The van der Waals surface area contributed by atoms with E-state index in [-0.39, 0.29) is 5.57 Å². The van der Waals surface area contributed by atoms with Gasteiger partial charge in [-0.05, 0) is 6.92 Å². The summed E-state index contributed by atoms with van der Waals surface area (Å²) in [7, 11) is 0. The molecule has 0 unspecified atom stereocenters. The molecule has 3 nitrogen and oxygen atoms in total. The minimum atomic E-state index is -5.59. The number of ether oxygens (including phenoxy) is 2. The molecule has 0 N–H and O–H groups in total. The second-order valence-electron chi connectivity index (χ2n) is 3.50. The van der Waals surface area contributed by atoms with Crippen LogP contribution in [0.2, 0.25) is 0 Å². The van der Waals surface area contributed by atoms with Crippen molar-refractivity contribution in [2.24, 2.45) is 0 Å². The van der Waals surface area contributed by atoms with E-state index < -0.39 is 37.6 Å². The number of allylic oxidation sites excluding steroid dienone is 1. The third-order valence-electron chi connectivity index (χ3n) is 1.83. The Kier molecular flexibility index (Phi) is 6.77. The molecule has 0 heterocycles. The maximum atomic E-state index is 12.1. The van der Waals surface area contributed by atoms with Gasteiger partial charge in [-0.3, -0.25) is 0 Å². The third-order valence-corrected chi connectivity index (χ3v) is 1.83. The molecule has 9 heteroatoms. The molecule has 0 aliphatic heterocycles. The van der Waals surface area contributed by atoms with Crippen LogP contribution in [0.3, 0.4) is 0 Å². The van der Waals surface area contributed by atoms with Crippen molar-refractivity contribution in [1.82, 2.24) is 0 Å². The molecule has 0 rings (SSSR count). The zero-order valence-electron chi connectivity index (χ0n) is 10.3. The summed E-state index contributed by atoms with van der Waals surface area (Å²) < 4.78 is 80.4. The van der Waals surface area contributed by atoms with Crippen LogP contribution < -0.4 is 0 Å². The number of hydrogen-bond donors (Lipinski definition) is 0. The standard InChI is InChI=1S/C11H12F6O3/c1-3-4-7(2)8(18)19-5-6-20-9(10(12,13)14)11(15,16)17/h3-4,9H,2,5-6H2,1H3/b4-3-. The average Bonchev–Trinajstić information content (AvgIpc) is 2.25. The van der Waals surface area contributed by atoms with Crippen LogP contribution in [0.25, 0.3) is 0 Å². The monoisotopic (exact) mass is 306 g/mol. The number of carbonyl (C=O) groups is 1. The average molecular weight is 306 g/mol. The molecule has 0 atom stereocenters. The van der Waals surface area contributed by atoms with Gasteiger partial charge in [0.1, 0.15) is 6.61 Å². The van der Waals surface area contributed by atoms with Crippen molar-refractivity contribution in [3.05, 3.63) is 24.3 Å². The van der Waals surface area contributed by atoms with Gasteiger partial charge >= 0.3 is 18.3 Å². The van der Waals surface area contributed by atoms with E-state index in [1.165, 1.54) is 12.2 Å². The molecule has 0 amide bonds. The van der Waals surface area contributed by atoms with Gasteiger partial charge in [0.15, 0.2) is 0 Å². The molecule has 0 bridgehead atoms. The summed E-state index contributed by atoms with van der Waals surface area (Å²) in [6, 6.07) is 0. The molecule has 0 aliphatic carbocycles. The quantitative estimate of drug-likeness (QED) is 0.249. The van der Waals surface area contributed by atoms with E-state index in [1.54, 1.807) is 6.92 Å².